The maximum absolute atomic E-state index is 11.3. The fourth-order valence-corrected chi connectivity index (χ4v) is 3.72. The number of nitrogens with zero attached hydrogens (tertiary/aromatic N) is 2. The van der Waals surface area contributed by atoms with Crippen molar-refractivity contribution in [2.24, 2.45) is 0 Å². The van der Waals surface area contributed by atoms with E-state index in [1.54, 1.807) is 0 Å². The number of hydrogen-bond donors (Lipinski definition) is 1. The Morgan fingerprint density at radius 1 is 1.29 bits per heavy atom. The van der Waals surface area contributed by atoms with Gasteiger partial charge in [0.05, 0.1) is 18.7 Å². The molecular weight excluding hydrogens is 300 g/mol. The smallest absolute Gasteiger partial charge is 0.303 e. The van der Waals surface area contributed by atoms with Crippen LogP contribution in [0.3, 0.4) is 0 Å². The monoisotopic (exact) mass is 326 g/mol. The summed E-state index contributed by atoms with van der Waals surface area (Å²) in [5, 5.41) is 14.2. The molecule has 1 unspecified atom stereocenters. The molecule has 1 aromatic heterocycles. The zero-order valence-corrected chi connectivity index (χ0v) is 14.7. The molecule has 0 amide bonds. The summed E-state index contributed by atoms with van der Waals surface area (Å²) < 4.78 is 2.11. The third-order valence-electron chi connectivity index (χ3n) is 4.78. The number of fused-ring (bicyclic) bond motifs is 1. The maximum Gasteiger partial charge on any atom is 0.303 e. The predicted octanol–water partition coefficient (Wildman–Crippen LogP) is 4.12. The van der Waals surface area contributed by atoms with Crippen LogP contribution in [0, 0.1) is 0 Å². The van der Waals surface area contributed by atoms with Gasteiger partial charge in [-0.25, -0.2) is 0 Å². The van der Waals surface area contributed by atoms with Crippen LogP contribution in [0.15, 0.2) is 30.3 Å². The largest absolute Gasteiger partial charge is 0.481 e. The van der Waals surface area contributed by atoms with Crippen LogP contribution in [0.25, 0.3) is 0 Å². The van der Waals surface area contributed by atoms with Gasteiger partial charge >= 0.3 is 5.97 Å². The molecule has 128 valence electrons. The van der Waals surface area contributed by atoms with Crippen LogP contribution >= 0.6 is 0 Å². The normalized spacial score (nSPS) is 17.5. The Kier molecular flexibility index (Phi) is 4.48. The van der Waals surface area contributed by atoms with Crippen molar-refractivity contribution in [3.63, 3.8) is 0 Å². The summed E-state index contributed by atoms with van der Waals surface area (Å²) in [6.45, 7) is 7.23. The van der Waals surface area contributed by atoms with E-state index in [-0.39, 0.29) is 17.8 Å². The molecule has 0 saturated carbocycles. The van der Waals surface area contributed by atoms with Crippen molar-refractivity contribution >= 4 is 5.97 Å². The van der Waals surface area contributed by atoms with Crippen molar-refractivity contribution < 1.29 is 9.90 Å². The van der Waals surface area contributed by atoms with E-state index in [1.165, 1.54) is 16.8 Å². The summed E-state index contributed by atoms with van der Waals surface area (Å²) in [6.07, 6.45) is 3.17. The highest BCUT2D eigenvalue weighted by molar-refractivity contribution is 5.68. The third-order valence-corrected chi connectivity index (χ3v) is 4.78. The van der Waals surface area contributed by atoms with Crippen LogP contribution in [-0.4, -0.2) is 20.9 Å². The minimum atomic E-state index is -0.719. The second kappa shape index (κ2) is 6.42. The van der Waals surface area contributed by atoms with Crippen molar-refractivity contribution in [3.05, 3.63) is 52.8 Å². The third kappa shape index (κ3) is 3.37. The molecule has 0 bridgehead atoms. The zero-order chi connectivity index (χ0) is 17.3. The highest BCUT2D eigenvalue weighted by Crippen LogP contribution is 2.40. The van der Waals surface area contributed by atoms with Crippen LogP contribution in [-0.2, 0) is 23.2 Å². The molecule has 0 spiro atoms. The Bertz CT molecular complexity index is 726. The number of carboxylic acids is 1. The van der Waals surface area contributed by atoms with Crippen molar-refractivity contribution in [3.8, 4) is 0 Å². The Morgan fingerprint density at radius 3 is 2.62 bits per heavy atom. The van der Waals surface area contributed by atoms with E-state index in [1.807, 2.05) is 18.2 Å². The summed E-state index contributed by atoms with van der Waals surface area (Å²) in [4.78, 5) is 11.3. The molecule has 1 aliphatic rings. The van der Waals surface area contributed by atoms with E-state index in [4.69, 9.17) is 5.10 Å². The first-order chi connectivity index (χ1) is 11.4. The van der Waals surface area contributed by atoms with E-state index >= 15 is 0 Å². The molecule has 1 heterocycles. The quantitative estimate of drug-likeness (QED) is 0.919. The first kappa shape index (κ1) is 16.7. The van der Waals surface area contributed by atoms with Gasteiger partial charge in [0, 0.05) is 16.7 Å². The van der Waals surface area contributed by atoms with Gasteiger partial charge in [-0.2, -0.15) is 5.10 Å². The lowest BCUT2D eigenvalue weighted by molar-refractivity contribution is -0.137. The van der Waals surface area contributed by atoms with Crippen molar-refractivity contribution in [1.82, 2.24) is 9.78 Å². The molecule has 1 atom stereocenters. The summed E-state index contributed by atoms with van der Waals surface area (Å²) in [6, 6.07) is 10.3. The standard InChI is InChI=1S/C20H26N2O2/c1-20(2,3)19-18-15(12-17(23)24)10-7-11-16(18)22(21-19)13-14-8-5-4-6-9-14/h4-6,8-9,15H,7,10-13H2,1-3H3,(H,23,24). The van der Waals surface area contributed by atoms with Gasteiger partial charge in [-0.3, -0.25) is 9.48 Å². The lowest BCUT2D eigenvalue weighted by Gasteiger charge is -2.26. The van der Waals surface area contributed by atoms with Crippen LogP contribution in [0.5, 0.6) is 0 Å². The molecule has 1 N–H and O–H groups in total. The molecule has 2 aromatic rings. The van der Waals surface area contributed by atoms with Crippen molar-refractivity contribution in [2.45, 2.75) is 64.3 Å². The number of carbonyl (C=O) groups is 1. The molecule has 0 fully saturated rings. The second-order valence-corrected chi connectivity index (χ2v) is 7.79. The van der Waals surface area contributed by atoms with E-state index in [2.05, 4.69) is 37.6 Å². The van der Waals surface area contributed by atoms with Crippen LogP contribution in [0.4, 0.5) is 0 Å². The number of benzene rings is 1. The van der Waals surface area contributed by atoms with E-state index in [9.17, 15) is 9.90 Å². The number of hydrogen-bond acceptors (Lipinski definition) is 2. The van der Waals surface area contributed by atoms with Gasteiger partial charge < -0.3 is 5.11 Å². The van der Waals surface area contributed by atoms with Gasteiger partial charge in [-0.1, -0.05) is 51.1 Å². The molecule has 1 aromatic carbocycles. The summed E-state index contributed by atoms with van der Waals surface area (Å²) in [5.41, 5.74) is 4.65. The topological polar surface area (TPSA) is 55.1 Å². The molecule has 0 radical (unpaired) electrons. The molecule has 24 heavy (non-hydrogen) atoms. The highest BCUT2D eigenvalue weighted by atomic mass is 16.4. The van der Waals surface area contributed by atoms with Gasteiger partial charge in [0.1, 0.15) is 0 Å². The lowest BCUT2D eigenvalue weighted by atomic mass is 9.78. The van der Waals surface area contributed by atoms with Crippen molar-refractivity contribution in [2.75, 3.05) is 0 Å². The summed E-state index contributed by atoms with van der Waals surface area (Å²) in [7, 11) is 0. The Morgan fingerprint density at radius 2 is 2.00 bits per heavy atom. The van der Waals surface area contributed by atoms with Crippen molar-refractivity contribution in [1.29, 1.82) is 0 Å². The molecule has 4 heteroatoms. The Hall–Kier alpha value is -2.10. The van der Waals surface area contributed by atoms with Crippen LogP contribution in [0.2, 0.25) is 0 Å². The average molecular weight is 326 g/mol. The Labute approximate surface area is 143 Å². The van der Waals surface area contributed by atoms with Gasteiger partial charge in [0.2, 0.25) is 0 Å². The highest BCUT2D eigenvalue weighted by Gasteiger charge is 2.34. The zero-order valence-electron chi connectivity index (χ0n) is 14.7. The van der Waals surface area contributed by atoms with Crippen LogP contribution in [0.1, 0.15) is 68.5 Å². The number of aliphatic carboxylic acids is 1. The summed E-state index contributed by atoms with van der Waals surface area (Å²) in [5.74, 6) is -0.631. The van der Waals surface area contributed by atoms with E-state index in [0.29, 0.717) is 0 Å². The van der Waals surface area contributed by atoms with Gasteiger partial charge in [-0.05, 0) is 30.7 Å². The molecule has 4 nitrogen and oxygen atoms in total. The first-order valence-corrected chi connectivity index (χ1v) is 8.72. The fraction of sp³-hybridized carbons (Fsp3) is 0.500. The lowest BCUT2D eigenvalue weighted by Crippen LogP contribution is -2.20. The number of aromatic nitrogens is 2. The number of carboxylic acid groups (broad SMARTS) is 1. The minimum absolute atomic E-state index is 0.0832. The average Bonchev–Trinajstić information content (AvgIpc) is 2.88. The molecule has 1 aliphatic carbocycles. The summed E-state index contributed by atoms with van der Waals surface area (Å²) >= 11 is 0. The number of rotatable bonds is 4. The first-order valence-electron chi connectivity index (χ1n) is 8.72. The van der Waals surface area contributed by atoms with Crippen LogP contribution < -0.4 is 0 Å². The minimum Gasteiger partial charge on any atom is -0.481 e. The van der Waals surface area contributed by atoms with Gasteiger partial charge in [0.15, 0.2) is 0 Å². The molecule has 0 saturated heterocycles. The molecule has 3 rings (SSSR count). The van der Waals surface area contributed by atoms with Gasteiger partial charge in [0.25, 0.3) is 0 Å². The van der Waals surface area contributed by atoms with E-state index in [0.717, 1.165) is 31.5 Å². The molecule has 0 aliphatic heterocycles. The van der Waals surface area contributed by atoms with E-state index < -0.39 is 5.97 Å². The SMILES string of the molecule is CC(C)(C)c1nn(Cc2ccccc2)c2c1C(CC(=O)O)CCC2. The second-order valence-electron chi connectivity index (χ2n) is 7.79. The maximum atomic E-state index is 11.3. The van der Waals surface area contributed by atoms with Gasteiger partial charge in [-0.15, -0.1) is 0 Å². The predicted molar refractivity (Wildman–Crippen MR) is 94.4 cm³/mol. The Balaban J connectivity index is 2.05. The molecular formula is C20H26N2O2. The fourth-order valence-electron chi connectivity index (χ4n) is 3.72.